The summed E-state index contributed by atoms with van der Waals surface area (Å²) in [6.45, 7) is 0. The largest absolute Gasteiger partial charge is 0.273 e. The summed E-state index contributed by atoms with van der Waals surface area (Å²) in [5.41, 5.74) is 4.71. The maximum Gasteiger partial charge on any atom is 0.244 e. The first kappa shape index (κ1) is 18.1. The molecule has 0 unspecified atom stereocenters. The minimum absolute atomic E-state index is 0.132. The minimum Gasteiger partial charge on any atom is -0.273 e. The second kappa shape index (κ2) is 7.80. The summed E-state index contributed by atoms with van der Waals surface area (Å²) in [7, 11) is 0. The third kappa shape index (κ3) is 3.42. The fourth-order valence-corrected chi connectivity index (χ4v) is 4.02. The van der Waals surface area contributed by atoms with Crippen molar-refractivity contribution in [2.45, 2.75) is 6.42 Å². The Morgan fingerprint density at radius 3 is 1.97 bits per heavy atom. The molecule has 1 amide bonds. The normalized spacial score (nSPS) is 11.5. The smallest absolute Gasteiger partial charge is 0.244 e. The SMILES string of the molecule is O=C(Cc1cccc2ccccc12)N/N=C/c1c2ccccc2cc2ccccc12. The van der Waals surface area contributed by atoms with E-state index in [1.165, 1.54) is 0 Å². The van der Waals surface area contributed by atoms with Gasteiger partial charge in [0.25, 0.3) is 0 Å². The molecule has 0 spiro atoms. The Morgan fingerprint density at radius 1 is 0.700 bits per heavy atom. The predicted octanol–water partition coefficient (Wildman–Crippen LogP) is 5.84. The maximum atomic E-state index is 12.5. The molecule has 3 nitrogen and oxygen atoms in total. The van der Waals surface area contributed by atoms with Gasteiger partial charge in [-0.2, -0.15) is 5.10 Å². The summed E-state index contributed by atoms with van der Waals surface area (Å²) in [5, 5.41) is 11.1. The van der Waals surface area contributed by atoms with Gasteiger partial charge in [-0.15, -0.1) is 0 Å². The van der Waals surface area contributed by atoms with E-state index in [1.807, 2.05) is 54.6 Å². The molecule has 0 aliphatic carbocycles. The lowest BCUT2D eigenvalue weighted by atomic mass is 9.97. The molecule has 0 atom stereocenters. The van der Waals surface area contributed by atoms with E-state index in [9.17, 15) is 4.79 Å². The third-order valence-electron chi connectivity index (χ3n) is 5.43. The number of hydrogen-bond acceptors (Lipinski definition) is 2. The topological polar surface area (TPSA) is 41.5 Å². The second-order valence-electron chi connectivity index (χ2n) is 7.34. The number of benzene rings is 5. The molecule has 3 heteroatoms. The standard InChI is InChI=1S/C27H20N2O/c30-27(17-22-12-7-11-19-8-1-4-13-23(19)22)29-28-18-26-24-14-5-2-9-20(24)16-21-10-3-6-15-25(21)26/h1-16,18H,17H2,(H,29,30)/b28-18+. The van der Waals surface area contributed by atoms with Gasteiger partial charge in [0.1, 0.15) is 0 Å². The van der Waals surface area contributed by atoms with Crippen molar-refractivity contribution in [1.82, 2.24) is 5.43 Å². The van der Waals surface area contributed by atoms with Gasteiger partial charge in [-0.05, 0) is 43.9 Å². The molecule has 0 saturated heterocycles. The monoisotopic (exact) mass is 388 g/mol. The van der Waals surface area contributed by atoms with Crippen LogP contribution in [0.2, 0.25) is 0 Å². The molecule has 0 fully saturated rings. The molecule has 0 bridgehead atoms. The number of hydrogen-bond donors (Lipinski definition) is 1. The lowest BCUT2D eigenvalue weighted by Crippen LogP contribution is -2.20. The molecule has 144 valence electrons. The van der Waals surface area contributed by atoms with Crippen molar-refractivity contribution in [3.8, 4) is 0 Å². The van der Waals surface area contributed by atoms with E-state index in [1.54, 1.807) is 6.21 Å². The van der Waals surface area contributed by atoms with Crippen LogP contribution in [0.5, 0.6) is 0 Å². The van der Waals surface area contributed by atoms with E-state index in [2.05, 4.69) is 53.0 Å². The Labute approximate surface area is 174 Å². The van der Waals surface area contributed by atoms with Crippen LogP contribution in [-0.2, 0) is 11.2 Å². The Morgan fingerprint density at radius 2 is 1.27 bits per heavy atom. The van der Waals surface area contributed by atoms with Crippen LogP contribution in [0.4, 0.5) is 0 Å². The Kier molecular flexibility index (Phi) is 4.70. The first-order valence-corrected chi connectivity index (χ1v) is 9.99. The van der Waals surface area contributed by atoms with Crippen LogP contribution in [0, 0.1) is 0 Å². The molecule has 5 aromatic rings. The zero-order valence-electron chi connectivity index (χ0n) is 16.4. The molecule has 5 rings (SSSR count). The van der Waals surface area contributed by atoms with Crippen LogP contribution in [0.3, 0.4) is 0 Å². The minimum atomic E-state index is -0.132. The molecule has 0 aliphatic heterocycles. The number of amides is 1. The molecule has 0 aliphatic rings. The molecular formula is C27H20N2O. The van der Waals surface area contributed by atoms with Crippen molar-refractivity contribution in [1.29, 1.82) is 0 Å². The van der Waals surface area contributed by atoms with E-state index in [4.69, 9.17) is 0 Å². The summed E-state index contributed by atoms with van der Waals surface area (Å²) >= 11 is 0. The summed E-state index contributed by atoms with van der Waals surface area (Å²) in [4.78, 5) is 12.5. The van der Waals surface area contributed by atoms with Crippen LogP contribution >= 0.6 is 0 Å². The van der Waals surface area contributed by atoms with Crippen molar-refractivity contribution >= 4 is 44.4 Å². The number of nitrogens with one attached hydrogen (secondary N) is 1. The Hall–Kier alpha value is -3.98. The molecule has 0 radical (unpaired) electrons. The van der Waals surface area contributed by atoms with E-state index in [0.717, 1.165) is 43.4 Å². The summed E-state index contributed by atoms with van der Waals surface area (Å²) < 4.78 is 0. The van der Waals surface area contributed by atoms with Crippen LogP contribution in [0.1, 0.15) is 11.1 Å². The van der Waals surface area contributed by atoms with Gasteiger partial charge in [-0.25, -0.2) is 5.43 Å². The second-order valence-corrected chi connectivity index (χ2v) is 7.34. The predicted molar refractivity (Wildman–Crippen MR) is 125 cm³/mol. The van der Waals surface area contributed by atoms with Gasteiger partial charge in [0.2, 0.25) is 5.91 Å². The molecule has 30 heavy (non-hydrogen) atoms. The zero-order valence-corrected chi connectivity index (χ0v) is 16.4. The Bertz CT molecular complexity index is 1360. The van der Waals surface area contributed by atoms with Crippen molar-refractivity contribution in [2.24, 2.45) is 5.10 Å². The van der Waals surface area contributed by atoms with Gasteiger partial charge < -0.3 is 0 Å². The van der Waals surface area contributed by atoms with Gasteiger partial charge in [0.15, 0.2) is 0 Å². The van der Waals surface area contributed by atoms with Crippen LogP contribution in [0.25, 0.3) is 32.3 Å². The average molecular weight is 388 g/mol. The third-order valence-corrected chi connectivity index (χ3v) is 5.43. The fourth-order valence-electron chi connectivity index (χ4n) is 4.02. The molecule has 0 aromatic heterocycles. The van der Waals surface area contributed by atoms with Gasteiger partial charge in [0, 0.05) is 5.56 Å². The van der Waals surface area contributed by atoms with Crippen molar-refractivity contribution in [2.75, 3.05) is 0 Å². The maximum absolute atomic E-state index is 12.5. The highest BCUT2D eigenvalue weighted by molar-refractivity contribution is 6.13. The highest BCUT2D eigenvalue weighted by Crippen LogP contribution is 2.27. The van der Waals surface area contributed by atoms with Crippen LogP contribution < -0.4 is 5.43 Å². The van der Waals surface area contributed by atoms with E-state index < -0.39 is 0 Å². The lowest BCUT2D eigenvalue weighted by Gasteiger charge is -2.08. The fraction of sp³-hybridized carbons (Fsp3) is 0.0370. The van der Waals surface area contributed by atoms with Gasteiger partial charge in [0.05, 0.1) is 12.6 Å². The molecule has 1 N–H and O–H groups in total. The summed E-state index contributed by atoms with van der Waals surface area (Å²) in [5.74, 6) is -0.132. The number of carbonyl (C=O) groups is 1. The Balaban J connectivity index is 1.43. The van der Waals surface area contributed by atoms with Crippen molar-refractivity contribution in [3.63, 3.8) is 0 Å². The van der Waals surface area contributed by atoms with Crippen molar-refractivity contribution in [3.05, 3.63) is 108 Å². The summed E-state index contributed by atoms with van der Waals surface area (Å²) in [6, 6.07) is 32.8. The van der Waals surface area contributed by atoms with E-state index in [0.29, 0.717) is 0 Å². The number of fused-ring (bicyclic) bond motifs is 3. The van der Waals surface area contributed by atoms with Gasteiger partial charge in [-0.3, -0.25) is 4.79 Å². The van der Waals surface area contributed by atoms with Gasteiger partial charge in [-0.1, -0.05) is 91.0 Å². The molecule has 5 aromatic carbocycles. The molecule has 0 heterocycles. The lowest BCUT2D eigenvalue weighted by molar-refractivity contribution is -0.120. The number of nitrogens with zero attached hydrogens (tertiary/aromatic N) is 1. The van der Waals surface area contributed by atoms with E-state index in [-0.39, 0.29) is 12.3 Å². The molecular weight excluding hydrogens is 368 g/mol. The number of carbonyl (C=O) groups excluding carboxylic acids is 1. The first-order valence-electron chi connectivity index (χ1n) is 9.99. The highest BCUT2D eigenvalue weighted by Gasteiger charge is 2.08. The van der Waals surface area contributed by atoms with Crippen LogP contribution in [-0.4, -0.2) is 12.1 Å². The first-order chi connectivity index (χ1) is 14.8. The molecule has 0 saturated carbocycles. The highest BCUT2D eigenvalue weighted by atomic mass is 16.2. The zero-order chi connectivity index (χ0) is 20.3. The summed E-state index contributed by atoms with van der Waals surface area (Å²) in [6.07, 6.45) is 2.04. The number of rotatable bonds is 4. The van der Waals surface area contributed by atoms with E-state index >= 15 is 0 Å². The average Bonchev–Trinajstić information content (AvgIpc) is 2.79. The quantitative estimate of drug-likeness (QED) is 0.235. The van der Waals surface area contributed by atoms with Crippen LogP contribution in [0.15, 0.2) is 102 Å². The van der Waals surface area contributed by atoms with Crippen molar-refractivity contribution < 1.29 is 4.79 Å². The number of hydrazone groups is 1. The van der Waals surface area contributed by atoms with Gasteiger partial charge >= 0.3 is 0 Å².